The van der Waals surface area contributed by atoms with Crippen LogP contribution in [0.15, 0.2) is 64.8 Å². The van der Waals surface area contributed by atoms with Crippen molar-refractivity contribution in [3.63, 3.8) is 0 Å². The van der Waals surface area contributed by atoms with E-state index in [4.69, 9.17) is 4.98 Å². The fourth-order valence-corrected chi connectivity index (χ4v) is 4.81. The second-order valence-electron chi connectivity index (χ2n) is 8.62. The van der Waals surface area contributed by atoms with Gasteiger partial charge in [-0.05, 0) is 29.5 Å². The van der Waals surface area contributed by atoms with Gasteiger partial charge in [0.1, 0.15) is 10.7 Å². The minimum Gasteiger partial charge on any atom is -0.392 e. The maximum absolute atomic E-state index is 13.1. The highest BCUT2D eigenvalue weighted by Crippen LogP contribution is 2.32. The van der Waals surface area contributed by atoms with Crippen molar-refractivity contribution in [1.82, 2.24) is 14.9 Å². The predicted octanol–water partition coefficient (Wildman–Crippen LogP) is 4.98. The van der Waals surface area contributed by atoms with Crippen LogP contribution in [0.3, 0.4) is 0 Å². The van der Waals surface area contributed by atoms with Crippen LogP contribution in [0.5, 0.6) is 0 Å². The van der Waals surface area contributed by atoms with E-state index in [1.807, 2.05) is 55.6 Å². The van der Waals surface area contributed by atoms with Crippen LogP contribution in [0.4, 0.5) is 0 Å². The normalized spacial score (nSPS) is 12.7. The summed E-state index contributed by atoms with van der Waals surface area (Å²) in [6.45, 7) is 7.71. The van der Waals surface area contributed by atoms with Crippen LogP contribution >= 0.6 is 11.3 Å². The Labute approximate surface area is 192 Å². The van der Waals surface area contributed by atoms with Crippen molar-refractivity contribution in [2.45, 2.75) is 40.0 Å². The number of aliphatic hydroxyl groups excluding tert-OH is 1. The van der Waals surface area contributed by atoms with Gasteiger partial charge in [0.05, 0.1) is 18.0 Å². The number of hydrogen-bond acceptors (Lipinski definition) is 5. The third-order valence-corrected chi connectivity index (χ3v) is 6.64. The Morgan fingerprint density at radius 1 is 1.03 bits per heavy atom. The monoisotopic (exact) mass is 447 g/mol. The van der Waals surface area contributed by atoms with Crippen LogP contribution in [0.1, 0.15) is 30.8 Å². The van der Waals surface area contributed by atoms with Gasteiger partial charge in [0.25, 0.3) is 5.56 Å². The summed E-state index contributed by atoms with van der Waals surface area (Å²) < 4.78 is 0. The SMILES string of the molecule is Cc1ccccc1-c1csc2nc(CN(Cc3ccccc3)C[C@@H](O)C(C)C)[nH]c(=O)c12. The molecule has 0 bridgehead atoms. The lowest BCUT2D eigenvalue weighted by molar-refractivity contribution is 0.0689. The molecule has 0 saturated carbocycles. The fraction of sp³-hybridized carbons (Fsp3) is 0.308. The van der Waals surface area contributed by atoms with Crippen LogP contribution in [0.25, 0.3) is 21.3 Å². The van der Waals surface area contributed by atoms with Crippen molar-refractivity contribution >= 4 is 21.6 Å². The largest absolute Gasteiger partial charge is 0.392 e. The molecule has 4 rings (SSSR count). The van der Waals surface area contributed by atoms with Gasteiger partial charge in [0.15, 0.2) is 0 Å². The van der Waals surface area contributed by atoms with E-state index >= 15 is 0 Å². The number of nitrogens with zero attached hydrogens (tertiary/aromatic N) is 2. The first-order chi connectivity index (χ1) is 15.4. The number of nitrogens with one attached hydrogen (secondary N) is 1. The van der Waals surface area contributed by atoms with E-state index in [1.165, 1.54) is 11.3 Å². The molecule has 0 spiro atoms. The Morgan fingerprint density at radius 3 is 2.47 bits per heavy atom. The number of benzene rings is 2. The highest BCUT2D eigenvalue weighted by Gasteiger charge is 2.19. The Hall–Kier alpha value is -2.80. The lowest BCUT2D eigenvalue weighted by Gasteiger charge is -2.26. The average Bonchev–Trinajstić information content (AvgIpc) is 3.19. The molecule has 2 aromatic carbocycles. The van der Waals surface area contributed by atoms with Gasteiger partial charge in [-0.15, -0.1) is 11.3 Å². The molecule has 0 aliphatic carbocycles. The van der Waals surface area contributed by atoms with Crippen LogP contribution in [-0.4, -0.2) is 32.6 Å². The summed E-state index contributed by atoms with van der Waals surface area (Å²) in [6.07, 6.45) is -0.455. The highest BCUT2D eigenvalue weighted by atomic mass is 32.1. The molecule has 0 aliphatic heterocycles. The van der Waals surface area contributed by atoms with Crippen molar-refractivity contribution in [2.24, 2.45) is 5.92 Å². The van der Waals surface area contributed by atoms with Crippen molar-refractivity contribution < 1.29 is 5.11 Å². The van der Waals surface area contributed by atoms with E-state index in [0.717, 1.165) is 27.1 Å². The molecule has 0 amide bonds. The number of H-pyrrole nitrogens is 1. The summed E-state index contributed by atoms with van der Waals surface area (Å²) in [5.74, 6) is 0.768. The minimum atomic E-state index is -0.455. The quantitative estimate of drug-likeness (QED) is 0.400. The molecule has 0 unspecified atom stereocenters. The molecule has 0 fully saturated rings. The molecule has 0 saturated heterocycles. The van der Waals surface area contributed by atoms with Crippen molar-refractivity contribution in [2.75, 3.05) is 6.54 Å². The Bertz CT molecular complexity index is 1250. The van der Waals surface area contributed by atoms with E-state index in [1.54, 1.807) is 0 Å². The summed E-state index contributed by atoms with van der Waals surface area (Å²) in [5, 5.41) is 13.2. The molecule has 2 aromatic heterocycles. The van der Waals surface area contributed by atoms with Crippen molar-refractivity contribution in [3.05, 3.63) is 87.3 Å². The first kappa shape index (κ1) is 22.4. The van der Waals surface area contributed by atoms with Gasteiger partial charge >= 0.3 is 0 Å². The summed E-state index contributed by atoms with van der Waals surface area (Å²) >= 11 is 1.50. The summed E-state index contributed by atoms with van der Waals surface area (Å²) in [7, 11) is 0. The zero-order valence-electron chi connectivity index (χ0n) is 18.7. The third-order valence-electron chi connectivity index (χ3n) is 5.77. The predicted molar refractivity (Wildman–Crippen MR) is 132 cm³/mol. The van der Waals surface area contributed by atoms with Crippen LogP contribution in [-0.2, 0) is 13.1 Å². The zero-order valence-corrected chi connectivity index (χ0v) is 19.5. The first-order valence-electron chi connectivity index (χ1n) is 10.9. The van der Waals surface area contributed by atoms with Gasteiger partial charge in [-0.1, -0.05) is 68.4 Å². The standard InChI is InChI=1S/C26H29N3O2S/c1-17(2)22(30)14-29(13-19-10-5-4-6-11-19)15-23-27-25(31)24-21(16-32-26(24)28-23)20-12-8-7-9-18(20)3/h4-12,16-17,22,30H,13-15H2,1-3H3,(H,27,28,31)/t22-/m1/s1. The summed E-state index contributed by atoms with van der Waals surface area (Å²) in [5.41, 5.74) is 4.16. The number of aryl methyl sites for hydroxylation is 1. The number of aromatic nitrogens is 2. The number of fused-ring (bicyclic) bond motifs is 1. The first-order valence-corrected chi connectivity index (χ1v) is 11.8. The molecule has 1 atom stereocenters. The zero-order chi connectivity index (χ0) is 22.7. The maximum atomic E-state index is 13.1. The van der Waals surface area contributed by atoms with Gasteiger partial charge < -0.3 is 10.1 Å². The second kappa shape index (κ2) is 9.77. The van der Waals surface area contributed by atoms with Gasteiger partial charge in [-0.2, -0.15) is 0 Å². The number of thiophene rings is 1. The average molecular weight is 448 g/mol. The second-order valence-corrected chi connectivity index (χ2v) is 9.48. The molecule has 2 heterocycles. The van der Waals surface area contributed by atoms with Gasteiger partial charge in [-0.3, -0.25) is 9.69 Å². The molecular weight excluding hydrogens is 418 g/mol. The smallest absolute Gasteiger partial charge is 0.260 e. The van der Waals surface area contributed by atoms with E-state index in [2.05, 4.69) is 35.0 Å². The minimum absolute atomic E-state index is 0.117. The van der Waals surface area contributed by atoms with Crippen LogP contribution in [0.2, 0.25) is 0 Å². The van der Waals surface area contributed by atoms with E-state index in [0.29, 0.717) is 30.8 Å². The van der Waals surface area contributed by atoms with E-state index in [9.17, 15) is 9.90 Å². The molecule has 166 valence electrons. The third kappa shape index (κ3) is 4.99. The lowest BCUT2D eigenvalue weighted by atomic mass is 10.0. The van der Waals surface area contributed by atoms with Gasteiger partial charge in [-0.25, -0.2) is 4.98 Å². The molecular formula is C26H29N3O2S. The Kier molecular flexibility index (Phi) is 6.84. The Balaban J connectivity index is 1.65. The highest BCUT2D eigenvalue weighted by molar-refractivity contribution is 7.17. The fourth-order valence-electron chi connectivity index (χ4n) is 3.86. The van der Waals surface area contributed by atoms with Gasteiger partial charge in [0.2, 0.25) is 0 Å². The number of hydrogen-bond donors (Lipinski definition) is 2. The van der Waals surface area contributed by atoms with Crippen LogP contribution < -0.4 is 5.56 Å². The summed E-state index contributed by atoms with van der Waals surface area (Å²) in [4.78, 5) is 23.7. The number of aromatic amines is 1. The van der Waals surface area contributed by atoms with E-state index in [-0.39, 0.29) is 11.5 Å². The lowest BCUT2D eigenvalue weighted by Crippen LogP contribution is -2.35. The van der Waals surface area contributed by atoms with E-state index < -0.39 is 6.10 Å². The van der Waals surface area contributed by atoms with Crippen LogP contribution in [0, 0.1) is 12.8 Å². The molecule has 2 N–H and O–H groups in total. The number of rotatable bonds is 8. The molecule has 0 radical (unpaired) electrons. The molecule has 6 heteroatoms. The molecule has 4 aromatic rings. The van der Waals surface area contributed by atoms with Crippen molar-refractivity contribution in [3.8, 4) is 11.1 Å². The number of aliphatic hydroxyl groups is 1. The molecule has 32 heavy (non-hydrogen) atoms. The van der Waals surface area contributed by atoms with Crippen molar-refractivity contribution in [1.29, 1.82) is 0 Å². The molecule has 0 aliphatic rings. The Morgan fingerprint density at radius 2 is 1.75 bits per heavy atom. The topological polar surface area (TPSA) is 69.2 Å². The summed E-state index contributed by atoms with van der Waals surface area (Å²) in [6, 6.07) is 18.2. The molecule has 5 nitrogen and oxygen atoms in total. The van der Waals surface area contributed by atoms with Gasteiger partial charge in [0, 0.05) is 24.0 Å². The maximum Gasteiger partial charge on any atom is 0.260 e.